The number of ether oxygens (including phenoxy) is 1. The van der Waals surface area contributed by atoms with E-state index in [1.54, 1.807) is 30.5 Å². The van der Waals surface area contributed by atoms with E-state index in [1.165, 1.54) is 7.11 Å². The average Bonchev–Trinajstić information content (AvgIpc) is 3.05. The molecule has 0 radical (unpaired) electrons. The fourth-order valence-corrected chi connectivity index (χ4v) is 2.42. The van der Waals surface area contributed by atoms with Crippen LogP contribution in [0.4, 0.5) is 5.69 Å². The minimum Gasteiger partial charge on any atom is -0.469 e. The molecule has 128 valence electrons. The molecule has 1 aromatic carbocycles. The molecule has 1 amide bonds. The number of carbonyl (C=O) groups is 2. The van der Waals surface area contributed by atoms with Crippen LogP contribution in [0.2, 0.25) is 0 Å². The van der Waals surface area contributed by atoms with Crippen molar-refractivity contribution >= 4 is 28.8 Å². The van der Waals surface area contributed by atoms with Gasteiger partial charge < -0.3 is 14.5 Å². The molecule has 0 saturated heterocycles. The highest BCUT2D eigenvalue weighted by atomic mass is 16.5. The number of rotatable bonds is 5. The number of carbonyl (C=O) groups excluding carboxylic acids is 2. The van der Waals surface area contributed by atoms with E-state index in [9.17, 15) is 9.59 Å². The Morgan fingerprint density at radius 3 is 2.80 bits per heavy atom. The Hall–Kier alpha value is -3.22. The molecule has 0 spiro atoms. The first-order valence-corrected chi connectivity index (χ1v) is 7.76. The summed E-state index contributed by atoms with van der Waals surface area (Å²) in [6.45, 7) is 1.87. The largest absolute Gasteiger partial charge is 0.469 e. The van der Waals surface area contributed by atoms with Crippen LogP contribution in [0.1, 0.15) is 18.4 Å². The second-order valence-corrected chi connectivity index (χ2v) is 5.45. The summed E-state index contributed by atoms with van der Waals surface area (Å²) in [5.74, 6) is -0.235. The van der Waals surface area contributed by atoms with E-state index >= 15 is 0 Å². The summed E-state index contributed by atoms with van der Waals surface area (Å²) in [6.07, 6.45) is 1.75. The lowest BCUT2D eigenvalue weighted by atomic mass is 10.1. The Kier molecular flexibility index (Phi) is 4.74. The Balaban J connectivity index is 1.82. The molecular formula is C18H17N3O4. The number of esters is 1. The maximum Gasteiger partial charge on any atom is 0.306 e. The molecule has 3 rings (SSSR count). The van der Waals surface area contributed by atoms with Gasteiger partial charge in [0.05, 0.1) is 13.5 Å². The third-order valence-corrected chi connectivity index (χ3v) is 3.79. The molecule has 2 heterocycles. The van der Waals surface area contributed by atoms with Crippen molar-refractivity contribution in [1.82, 2.24) is 9.97 Å². The molecule has 0 bridgehead atoms. The number of methoxy groups -OCH3 is 1. The van der Waals surface area contributed by atoms with Crippen LogP contribution in [0.5, 0.6) is 0 Å². The van der Waals surface area contributed by atoms with Gasteiger partial charge in [-0.15, -0.1) is 0 Å². The number of pyridine rings is 1. The fraction of sp³-hybridized carbons (Fsp3) is 0.222. The second-order valence-electron chi connectivity index (χ2n) is 5.45. The lowest BCUT2D eigenvalue weighted by Crippen LogP contribution is -2.14. The molecule has 3 aromatic rings. The number of hydrogen-bond acceptors (Lipinski definition) is 6. The number of nitrogens with zero attached hydrogens (tertiary/aromatic N) is 2. The van der Waals surface area contributed by atoms with Crippen molar-refractivity contribution < 1.29 is 18.7 Å². The smallest absolute Gasteiger partial charge is 0.306 e. The molecule has 7 heteroatoms. The Labute approximate surface area is 144 Å². The molecular weight excluding hydrogens is 322 g/mol. The first-order chi connectivity index (χ1) is 12.1. The van der Waals surface area contributed by atoms with E-state index in [4.69, 9.17) is 4.42 Å². The van der Waals surface area contributed by atoms with Crippen molar-refractivity contribution in [3.63, 3.8) is 0 Å². The van der Waals surface area contributed by atoms with Gasteiger partial charge in [-0.25, -0.2) is 4.98 Å². The lowest BCUT2D eigenvalue weighted by molar-refractivity contribution is -0.141. The van der Waals surface area contributed by atoms with E-state index in [0.717, 1.165) is 11.1 Å². The van der Waals surface area contributed by atoms with E-state index in [1.807, 2.05) is 13.0 Å². The first-order valence-electron chi connectivity index (χ1n) is 7.76. The summed E-state index contributed by atoms with van der Waals surface area (Å²) in [5, 5.41) is 2.80. The van der Waals surface area contributed by atoms with Crippen molar-refractivity contribution in [3.05, 3.63) is 42.1 Å². The highest BCUT2D eigenvalue weighted by molar-refractivity contribution is 5.94. The standard InChI is InChI=1S/C18H17N3O4/c1-11-12(18-21-17-14(25-18)7-4-10-19-17)5-3-6-13(11)20-15(22)8-9-16(23)24-2/h3-7,10H,8-9H2,1-2H3,(H,20,22). The lowest BCUT2D eigenvalue weighted by Gasteiger charge is -2.10. The predicted octanol–water partition coefficient (Wildman–Crippen LogP) is 3.09. The van der Waals surface area contributed by atoms with Crippen molar-refractivity contribution in [2.24, 2.45) is 0 Å². The summed E-state index contributed by atoms with van der Waals surface area (Å²) < 4.78 is 10.3. The number of benzene rings is 1. The first kappa shape index (κ1) is 16.6. The Bertz CT molecular complexity index is 900. The molecule has 25 heavy (non-hydrogen) atoms. The average molecular weight is 339 g/mol. The quantitative estimate of drug-likeness (QED) is 0.718. The molecule has 1 N–H and O–H groups in total. The van der Waals surface area contributed by atoms with Gasteiger partial charge in [-0.05, 0) is 36.8 Å². The van der Waals surface area contributed by atoms with Gasteiger partial charge in [-0.2, -0.15) is 4.98 Å². The highest BCUT2D eigenvalue weighted by Crippen LogP contribution is 2.30. The molecule has 2 aromatic heterocycles. The minimum absolute atomic E-state index is 0.0396. The summed E-state index contributed by atoms with van der Waals surface area (Å²) >= 11 is 0. The third-order valence-electron chi connectivity index (χ3n) is 3.79. The van der Waals surface area contributed by atoms with Crippen molar-refractivity contribution in [2.45, 2.75) is 19.8 Å². The summed E-state index contributed by atoms with van der Waals surface area (Å²) in [4.78, 5) is 31.7. The van der Waals surface area contributed by atoms with Gasteiger partial charge in [-0.1, -0.05) is 6.07 Å². The number of nitrogens with one attached hydrogen (secondary N) is 1. The molecule has 0 unspecified atom stereocenters. The van der Waals surface area contributed by atoms with Gasteiger partial charge in [0.25, 0.3) is 0 Å². The van der Waals surface area contributed by atoms with Crippen molar-refractivity contribution in [1.29, 1.82) is 0 Å². The molecule has 0 aliphatic heterocycles. The number of anilines is 1. The van der Waals surface area contributed by atoms with Gasteiger partial charge in [0, 0.05) is 23.9 Å². The van der Waals surface area contributed by atoms with Crippen LogP contribution < -0.4 is 5.32 Å². The second kappa shape index (κ2) is 7.12. The number of oxazole rings is 1. The van der Waals surface area contributed by atoms with Crippen LogP contribution in [0.15, 0.2) is 40.9 Å². The zero-order valence-electron chi connectivity index (χ0n) is 13.9. The maximum absolute atomic E-state index is 12.0. The monoisotopic (exact) mass is 339 g/mol. The van der Waals surface area contributed by atoms with Crippen molar-refractivity contribution in [2.75, 3.05) is 12.4 Å². The van der Waals surface area contributed by atoms with Crippen LogP contribution in [-0.2, 0) is 14.3 Å². The predicted molar refractivity (Wildman–Crippen MR) is 91.9 cm³/mol. The normalized spacial score (nSPS) is 10.6. The van der Waals surface area contributed by atoms with Gasteiger partial charge in [0.1, 0.15) is 0 Å². The third kappa shape index (κ3) is 3.65. The molecule has 0 saturated carbocycles. The maximum atomic E-state index is 12.0. The number of hydrogen-bond donors (Lipinski definition) is 1. The van der Waals surface area contributed by atoms with E-state index < -0.39 is 5.97 Å². The van der Waals surface area contributed by atoms with E-state index in [0.29, 0.717) is 22.8 Å². The zero-order valence-corrected chi connectivity index (χ0v) is 13.9. The van der Waals surface area contributed by atoms with Gasteiger partial charge in [0.2, 0.25) is 11.8 Å². The van der Waals surface area contributed by atoms with Crippen molar-refractivity contribution in [3.8, 4) is 11.5 Å². The van der Waals surface area contributed by atoms with Crippen LogP contribution in [-0.4, -0.2) is 29.0 Å². The minimum atomic E-state index is -0.417. The van der Waals surface area contributed by atoms with Gasteiger partial charge in [0.15, 0.2) is 11.2 Å². The number of fused-ring (bicyclic) bond motifs is 1. The molecule has 0 atom stereocenters. The highest BCUT2D eigenvalue weighted by Gasteiger charge is 2.15. The molecule has 0 aliphatic carbocycles. The Morgan fingerprint density at radius 2 is 2.04 bits per heavy atom. The van der Waals surface area contributed by atoms with Crippen LogP contribution in [0, 0.1) is 6.92 Å². The fourth-order valence-electron chi connectivity index (χ4n) is 2.42. The zero-order chi connectivity index (χ0) is 17.8. The van der Waals surface area contributed by atoms with Crippen LogP contribution in [0.3, 0.4) is 0 Å². The molecule has 7 nitrogen and oxygen atoms in total. The van der Waals surface area contributed by atoms with E-state index in [2.05, 4.69) is 20.0 Å². The molecule has 0 fully saturated rings. The van der Waals surface area contributed by atoms with Gasteiger partial charge >= 0.3 is 5.97 Å². The summed E-state index contributed by atoms with van der Waals surface area (Å²) in [6, 6.07) is 9.04. The number of amides is 1. The van der Waals surface area contributed by atoms with Crippen LogP contribution in [0.25, 0.3) is 22.7 Å². The summed E-state index contributed by atoms with van der Waals surface area (Å²) in [7, 11) is 1.29. The Morgan fingerprint density at radius 1 is 1.20 bits per heavy atom. The van der Waals surface area contributed by atoms with Crippen LogP contribution >= 0.6 is 0 Å². The SMILES string of the molecule is COC(=O)CCC(=O)Nc1cccc(-c2nc3ncccc3o2)c1C. The topological polar surface area (TPSA) is 94.3 Å². The molecule has 0 aliphatic rings. The summed E-state index contributed by atoms with van der Waals surface area (Å²) in [5.41, 5.74) is 3.36. The van der Waals surface area contributed by atoms with E-state index in [-0.39, 0.29) is 18.7 Å². The van der Waals surface area contributed by atoms with Gasteiger partial charge in [-0.3, -0.25) is 9.59 Å². The number of aromatic nitrogens is 2.